The number of carbonyl (C=O) groups excluding carboxylic acids is 2. The molecule has 2 aliphatic heterocycles. The number of nitrogens with one attached hydrogen (secondary N) is 1. The zero-order valence-electron chi connectivity index (χ0n) is 16.7. The van der Waals surface area contributed by atoms with E-state index in [1.54, 1.807) is 11.0 Å². The second kappa shape index (κ2) is 7.09. The zero-order valence-corrected chi connectivity index (χ0v) is 17.4. The lowest BCUT2D eigenvalue weighted by molar-refractivity contribution is 0.0419. The van der Waals surface area contributed by atoms with Crippen molar-refractivity contribution in [2.24, 2.45) is 5.92 Å². The highest BCUT2D eigenvalue weighted by atomic mass is 35.5. The van der Waals surface area contributed by atoms with Crippen LogP contribution in [0.5, 0.6) is 5.75 Å². The second-order valence-corrected chi connectivity index (χ2v) is 9.10. The van der Waals surface area contributed by atoms with E-state index in [0.29, 0.717) is 19.0 Å². The minimum atomic E-state index is -0.915. The molecule has 1 saturated heterocycles. The minimum Gasteiger partial charge on any atom is -0.503 e. The Morgan fingerprint density at radius 3 is 2.97 bits per heavy atom. The summed E-state index contributed by atoms with van der Waals surface area (Å²) in [4.78, 5) is 40.3. The summed E-state index contributed by atoms with van der Waals surface area (Å²) >= 11 is 5.76. The van der Waals surface area contributed by atoms with Crippen molar-refractivity contribution in [3.8, 4) is 5.75 Å². The Hall–Kier alpha value is -2.87. The van der Waals surface area contributed by atoms with Crippen molar-refractivity contribution in [3.63, 3.8) is 0 Å². The molecule has 1 aliphatic carbocycles. The van der Waals surface area contributed by atoms with Gasteiger partial charge in [0.15, 0.2) is 11.4 Å². The summed E-state index contributed by atoms with van der Waals surface area (Å²) in [6.07, 6.45) is 5.18. The highest BCUT2D eigenvalue weighted by Crippen LogP contribution is 2.48. The first kappa shape index (κ1) is 20.1. The molecule has 1 aromatic carbocycles. The van der Waals surface area contributed by atoms with Gasteiger partial charge in [0.05, 0.1) is 10.6 Å². The number of pyridine rings is 1. The third-order valence-electron chi connectivity index (χ3n) is 6.82. The van der Waals surface area contributed by atoms with Crippen molar-refractivity contribution in [3.05, 3.63) is 62.3 Å². The van der Waals surface area contributed by atoms with Crippen LogP contribution in [-0.4, -0.2) is 38.5 Å². The van der Waals surface area contributed by atoms with Crippen molar-refractivity contribution in [1.82, 2.24) is 14.8 Å². The molecule has 31 heavy (non-hydrogen) atoms. The number of amides is 2. The average molecular weight is 446 g/mol. The van der Waals surface area contributed by atoms with Gasteiger partial charge in [-0.15, -0.1) is 0 Å². The standard InChI is InChI=1S/C22H21ClFN3O4/c23-15-5-1-4-13(16(15)24)8-25-20(30)14-10-26-11-22-6-2-3-12(7-22)9-27(22)21(31)17(26)19(29)18(14)28/h1,4-5,10,12,29H,2-3,6-9,11H2,(H,25,30)/t12-,22-/m1/s1. The highest BCUT2D eigenvalue weighted by molar-refractivity contribution is 6.30. The third-order valence-corrected chi connectivity index (χ3v) is 7.11. The molecule has 9 heteroatoms. The lowest BCUT2D eigenvalue weighted by Gasteiger charge is -2.44. The van der Waals surface area contributed by atoms with Crippen LogP contribution in [0.15, 0.2) is 29.2 Å². The quantitative estimate of drug-likeness (QED) is 0.759. The number of nitrogens with zero attached hydrogens (tertiary/aromatic N) is 2. The lowest BCUT2D eigenvalue weighted by atomic mass is 9.79. The molecule has 1 aromatic heterocycles. The van der Waals surface area contributed by atoms with Gasteiger partial charge >= 0.3 is 0 Å². The average Bonchev–Trinajstić information content (AvgIpc) is 3.01. The normalized spacial score (nSPS) is 24.0. The Balaban J connectivity index is 1.47. The van der Waals surface area contributed by atoms with E-state index in [1.807, 2.05) is 0 Å². The molecule has 2 fully saturated rings. The molecule has 2 aromatic rings. The molecule has 5 rings (SSSR count). The van der Waals surface area contributed by atoms with Crippen molar-refractivity contribution in [1.29, 1.82) is 0 Å². The van der Waals surface area contributed by atoms with Gasteiger partial charge in [-0.05, 0) is 31.2 Å². The van der Waals surface area contributed by atoms with Gasteiger partial charge in [-0.25, -0.2) is 4.39 Å². The van der Waals surface area contributed by atoms with E-state index in [2.05, 4.69) is 5.32 Å². The molecule has 7 nitrogen and oxygen atoms in total. The summed E-state index contributed by atoms with van der Waals surface area (Å²) < 4.78 is 15.6. The lowest BCUT2D eigenvalue weighted by Crippen LogP contribution is -2.55. The van der Waals surface area contributed by atoms with E-state index in [0.717, 1.165) is 25.7 Å². The molecular formula is C22H21ClFN3O4. The van der Waals surface area contributed by atoms with Crippen molar-refractivity contribution < 1.29 is 19.1 Å². The van der Waals surface area contributed by atoms with Crippen LogP contribution in [0, 0.1) is 11.7 Å². The van der Waals surface area contributed by atoms with Gasteiger partial charge in [-0.1, -0.05) is 30.2 Å². The summed E-state index contributed by atoms with van der Waals surface area (Å²) in [6, 6.07) is 4.43. The van der Waals surface area contributed by atoms with Gasteiger partial charge in [0, 0.05) is 31.4 Å². The van der Waals surface area contributed by atoms with Gasteiger partial charge in [-0.2, -0.15) is 0 Å². The smallest absolute Gasteiger partial charge is 0.275 e. The van der Waals surface area contributed by atoms with Crippen LogP contribution in [0.4, 0.5) is 4.39 Å². The number of halogens is 2. The fraction of sp³-hybridized carbons (Fsp3) is 0.409. The molecule has 3 aliphatic rings. The van der Waals surface area contributed by atoms with Gasteiger partial charge in [0.1, 0.15) is 11.4 Å². The first-order valence-electron chi connectivity index (χ1n) is 10.3. The van der Waals surface area contributed by atoms with E-state index in [9.17, 15) is 23.9 Å². The molecular weight excluding hydrogens is 425 g/mol. The van der Waals surface area contributed by atoms with Crippen LogP contribution in [0.25, 0.3) is 0 Å². The largest absolute Gasteiger partial charge is 0.503 e. The van der Waals surface area contributed by atoms with Crippen molar-refractivity contribution in [2.75, 3.05) is 6.54 Å². The maximum absolute atomic E-state index is 14.1. The predicted molar refractivity (Wildman–Crippen MR) is 111 cm³/mol. The second-order valence-electron chi connectivity index (χ2n) is 8.70. The van der Waals surface area contributed by atoms with E-state index in [-0.39, 0.29) is 39.8 Å². The van der Waals surface area contributed by atoms with Gasteiger partial charge in [0.25, 0.3) is 11.8 Å². The topological polar surface area (TPSA) is 91.6 Å². The molecule has 1 spiro atoms. The summed E-state index contributed by atoms with van der Waals surface area (Å²) in [5.74, 6) is -2.06. The molecule has 0 radical (unpaired) electrons. The molecule has 3 heterocycles. The predicted octanol–water partition coefficient (Wildman–Crippen LogP) is 2.67. The van der Waals surface area contributed by atoms with Crippen LogP contribution in [0.1, 0.15) is 52.1 Å². The van der Waals surface area contributed by atoms with E-state index in [1.165, 1.54) is 22.9 Å². The summed E-state index contributed by atoms with van der Waals surface area (Å²) in [7, 11) is 0. The molecule has 1 saturated carbocycles. The number of aromatic nitrogens is 1. The van der Waals surface area contributed by atoms with Crippen LogP contribution >= 0.6 is 11.6 Å². The monoisotopic (exact) mass is 445 g/mol. The summed E-state index contributed by atoms with van der Waals surface area (Å²) in [6.45, 7) is 0.896. The van der Waals surface area contributed by atoms with Crippen molar-refractivity contribution >= 4 is 23.4 Å². The molecule has 2 N–H and O–H groups in total. The number of hydrogen-bond acceptors (Lipinski definition) is 4. The maximum Gasteiger partial charge on any atom is 0.275 e. The molecule has 2 amide bonds. The van der Waals surface area contributed by atoms with Crippen LogP contribution in [-0.2, 0) is 13.1 Å². The Kier molecular flexibility index (Phi) is 4.58. The van der Waals surface area contributed by atoms with Gasteiger partial charge in [-0.3, -0.25) is 14.4 Å². The molecule has 2 bridgehead atoms. The first-order valence-corrected chi connectivity index (χ1v) is 10.7. The number of aromatic hydroxyl groups is 1. The van der Waals surface area contributed by atoms with Gasteiger partial charge < -0.3 is 19.9 Å². The molecule has 2 atom stereocenters. The van der Waals surface area contributed by atoms with Crippen LogP contribution in [0.2, 0.25) is 5.02 Å². The van der Waals surface area contributed by atoms with Crippen LogP contribution in [0.3, 0.4) is 0 Å². The summed E-state index contributed by atoms with van der Waals surface area (Å²) in [5.41, 5.74) is -1.42. The van der Waals surface area contributed by atoms with Crippen molar-refractivity contribution in [2.45, 2.75) is 44.3 Å². The molecule has 0 unspecified atom stereocenters. The van der Waals surface area contributed by atoms with E-state index >= 15 is 0 Å². The Labute approximate surface area is 182 Å². The maximum atomic E-state index is 14.1. The number of carbonyl (C=O) groups is 2. The third kappa shape index (κ3) is 3.04. The Morgan fingerprint density at radius 2 is 2.16 bits per heavy atom. The van der Waals surface area contributed by atoms with E-state index in [4.69, 9.17) is 11.6 Å². The Bertz CT molecular complexity index is 1180. The summed E-state index contributed by atoms with van der Waals surface area (Å²) in [5, 5.41) is 13.0. The Morgan fingerprint density at radius 1 is 1.35 bits per heavy atom. The van der Waals surface area contributed by atoms with Gasteiger partial charge in [0.2, 0.25) is 5.43 Å². The number of hydrogen-bond donors (Lipinski definition) is 2. The van der Waals surface area contributed by atoms with Crippen LogP contribution < -0.4 is 10.7 Å². The fourth-order valence-electron chi connectivity index (χ4n) is 5.40. The first-order chi connectivity index (χ1) is 14.8. The van der Waals surface area contributed by atoms with E-state index < -0.39 is 22.9 Å². The fourth-order valence-corrected chi connectivity index (χ4v) is 5.60. The zero-order chi connectivity index (χ0) is 21.9. The SMILES string of the molecule is O=C(NCc1cccc(Cl)c1F)c1cn2c(c(O)c1=O)C(=O)N1C[C@@H]3CCC[C@@]1(C3)C2. The highest BCUT2D eigenvalue weighted by Gasteiger charge is 2.53. The minimum absolute atomic E-state index is 0.0667. The number of fused-ring (bicyclic) bond motifs is 2. The number of rotatable bonds is 3. The number of benzene rings is 1. The molecule has 162 valence electrons.